The van der Waals surface area contributed by atoms with Gasteiger partial charge < -0.3 is 23.7 Å². The number of hydrogen-bond donors (Lipinski definition) is 0. The Morgan fingerprint density at radius 1 is 1.00 bits per heavy atom. The maximum absolute atomic E-state index is 13.0. The molecule has 9 heteroatoms. The van der Waals surface area contributed by atoms with Crippen LogP contribution in [0.3, 0.4) is 0 Å². The van der Waals surface area contributed by atoms with Crippen molar-refractivity contribution in [2.75, 3.05) is 13.9 Å². The highest BCUT2D eigenvalue weighted by atomic mass is 16.7. The summed E-state index contributed by atoms with van der Waals surface area (Å²) >= 11 is 0. The van der Waals surface area contributed by atoms with Gasteiger partial charge in [0.2, 0.25) is 6.79 Å². The molecule has 1 heterocycles. The van der Waals surface area contributed by atoms with Gasteiger partial charge in [-0.1, -0.05) is 39.0 Å². The smallest absolute Gasteiger partial charge is 0.309 e. The number of hydrogen-bond acceptors (Lipinski definition) is 9. The van der Waals surface area contributed by atoms with Crippen LogP contribution in [0.15, 0.2) is 42.6 Å². The first-order valence-corrected chi connectivity index (χ1v) is 11.9. The average molecular weight is 502 g/mol. The van der Waals surface area contributed by atoms with Crippen LogP contribution in [0.2, 0.25) is 0 Å². The number of carbonyl (C=O) groups is 3. The Hall–Kier alpha value is -3.62. The standard InChI is InChI=1S/C27H35NO8/c1-17(2)14-24(36-21-10-8-7-9-11-21)19(4)35-27(31)18(3)15-22(30)25-26(34-16-33-20(5)29)23(32-6)12-13-28-25/h7-13,17-19,24H,14-16H2,1-6H3/t18-,19+,24-/m1/s1. The number of nitrogens with zero attached hydrogens (tertiary/aromatic N) is 1. The molecule has 0 aliphatic rings. The minimum absolute atomic E-state index is 0.0284. The van der Waals surface area contributed by atoms with Crippen LogP contribution >= 0.6 is 0 Å². The number of esters is 2. The van der Waals surface area contributed by atoms with Crippen molar-refractivity contribution in [1.82, 2.24) is 4.98 Å². The van der Waals surface area contributed by atoms with E-state index in [0.29, 0.717) is 18.1 Å². The van der Waals surface area contributed by atoms with Crippen LogP contribution in [0, 0.1) is 11.8 Å². The first-order valence-electron chi connectivity index (χ1n) is 11.9. The normalized spacial score (nSPS) is 13.3. The number of methoxy groups -OCH3 is 1. The second-order valence-corrected chi connectivity index (χ2v) is 8.86. The summed E-state index contributed by atoms with van der Waals surface area (Å²) in [7, 11) is 1.41. The molecule has 36 heavy (non-hydrogen) atoms. The minimum Gasteiger partial charge on any atom is -0.493 e. The van der Waals surface area contributed by atoms with Crippen molar-refractivity contribution in [3.8, 4) is 17.2 Å². The van der Waals surface area contributed by atoms with Crippen molar-refractivity contribution in [1.29, 1.82) is 0 Å². The lowest BCUT2D eigenvalue weighted by molar-refractivity contribution is -0.157. The van der Waals surface area contributed by atoms with Gasteiger partial charge in [0, 0.05) is 25.6 Å². The molecule has 0 aliphatic heterocycles. The third-order valence-corrected chi connectivity index (χ3v) is 5.27. The van der Waals surface area contributed by atoms with Crippen molar-refractivity contribution >= 4 is 17.7 Å². The Balaban J connectivity index is 2.07. The highest BCUT2D eigenvalue weighted by Crippen LogP contribution is 2.31. The number of carbonyl (C=O) groups excluding carboxylic acids is 3. The van der Waals surface area contributed by atoms with E-state index in [4.69, 9.17) is 23.7 Å². The molecule has 0 amide bonds. The van der Waals surface area contributed by atoms with E-state index in [2.05, 4.69) is 18.8 Å². The molecule has 0 spiro atoms. The molecule has 0 unspecified atom stereocenters. The molecule has 196 valence electrons. The molecule has 0 radical (unpaired) electrons. The fourth-order valence-corrected chi connectivity index (χ4v) is 3.41. The molecule has 2 rings (SSSR count). The van der Waals surface area contributed by atoms with Gasteiger partial charge in [0.25, 0.3) is 0 Å². The van der Waals surface area contributed by atoms with E-state index in [1.54, 1.807) is 13.8 Å². The van der Waals surface area contributed by atoms with E-state index in [1.807, 2.05) is 30.3 Å². The first-order chi connectivity index (χ1) is 17.1. The molecule has 0 aliphatic carbocycles. The topological polar surface area (TPSA) is 110 Å². The molecule has 1 aromatic heterocycles. The van der Waals surface area contributed by atoms with E-state index < -0.39 is 36.5 Å². The Bertz CT molecular complexity index is 1010. The molecule has 0 saturated carbocycles. The van der Waals surface area contributed by atoms with Crippen LogP contribution < -0.4 is 14.2 Å². The van der Waals surface area contributed by atoms with Crippen LogP contribution in [0.4, 0.5) is 0 Å². The van der Waals surface area contributed by atoms with Gasteiger partial charge in [-0.3, -0.25) is 14.4 Å². The van der Waals surface area contributed by atoms with Crippen molar-refractivity contribution in [3.63, 3.8) is 0 Å². The minimum atomic E-state index is -0.745. The number of rotatable bonds is 14. The van der Waals surface area contributed by atoms with Crippen molar-refractivity contribution < 1.29 is 38.1 Å². The largest absolute Gasteiger partial charge is 0.493 e. The second kappa shape index (κ2) is 14.1. The maximum Gasteiger partial charge on any atom is 0.309 e. The van der Waals surface area contributed by atoms with Crippen LogP contribution in [0.5, 0.6) is 17.2 Å². The van der Waals surface area contributed by atoms with E-state index in [-0.39, 0.29) is 29.7 Å². The summed E-state index contributed by atoms with van der Waals surface area (Å²) in [6.45, 7) is 8.36. The van der Waals surface area contributed by atoms with E-state index >= 15 is 0 Å². The molecular formula is C27H35NO8. The summed E-state index contributed by atoms with van der Waals surface area (Å²) in [5.41, 5.74) is -0.0284. The Kier molecular flexibility index (Phi) is 11.2. The van der Waals surface area contributed by atoms with Gasteiger partial charge in [-0.25, -0.2) is 4.98 Å². The van der Waals surface area contributed by atoms with Gasteiger partial charge in [0.1, 0.15) is 18.0 Å². The molecule has 0 N–H and O–H groups in total. The summed E-state index contributed by atoms with van der Waals surface area (Å²) in [4.78, 5) is 41.0. The van der Waals surface area contributed by atoms with Gasteiger partial charge in [0.15, 0.2) is 23.0 Å². The van der Waals surface area contributed by atoms with Crippen LogP contribution in [0.1, 0.15) is 57.9 Å². The highest BCUT2D eigenvalue weighted by Gasteiger charge is 2.29. The third kappa shape index (κ3) is 8.87. The van der Waals surface area contributed by atoms with Gasteiger partial charge in [-0.2, -0.15) is 0 Å². The molecule has 3 atom stereocenters. The van der Waals surface area contributed by atoms with E-state index in [0.717, 1.165) is 0 Å². The molecule has 2 aromatic rings. The lowest BCUT2D eigenvalue weighted by Crippen LogP contribution is -2.36. The fraction of sp³-hybridized carbons (Fsp3) is 0.481. The monoisotopic (exact) mass is 501 g/mol. The average Bonchev–Trinajstić information content (AvgIpc) is 2.83. The number of benzene rings is 1. The number of pyridine rings is 1. The molecule has 0 saturated heterocycles. The summed E-state index contributed by atoms with van der Waals surface area (Å²) in [6.07, 6.45) is 1.04. The SMILES string of the molecule is COc1ccnc(C(=O)C[C@@H](C)C(=O)O[C@@H](C)[C@@H](CC(C)C)Oc2ccccc2)c1OCOC(C)=O. The zero-order valence-electron chi connectivity index (χ0n) is 21.7. The quantitative estimate of drug-likeness (QED) is 0.208. The predicted molar refractivity (Wildman–Crippen MR) is 132 cm³/mol. The zero-order valence-corrected chi connectivity index (χ0v) is 21.7. The van der Waals surface area contributed by atoms with E-state index in [9.17, 15) is 14.4 Å². The zero-order chi connectivity index (χ0) is 26.7. The summed E-state index contributed by atoms with van der Waals surface area (Å²) in [6, 6.07) is 10.9. The lowest BCUT2D eigenvalue weighted by atomic mass is 10.0. The number of ketones is 1. The van der Waals surface area contributed by atoms with Crippen LogP contribution in [-0.4, -0.2) is 48.8 Å². The summed E-state index contributed by atoms with van der Waals surface area (Å²) < 4.78 is 27.3. The Morgan fingerprint density at radius 2 is 1.69 bits per heavy atom. The van der Waals surface area contributed by atoms with Crippen LogP contribution in [0.25, 0.3) is 0 Å². The Labute approximate surface area is 212 Å². The molecule has 9 nitrogen and oxygen atoms in total. The number of Topliss-reactive ketones (excluding diaryl/α,β-unsaturated/α-hetero) is 1. The van der Waals surface area contributed by atoms with Crippen LogP contribution in [-0.2, 0) is 19.1 Å². The summed E-state index contributed by atoms with van der Waals surface area (Å²) in [5, 5.41) is 0. The van der Waals surface area contributed by atoms with Crippen molar-refractivity contribution in [3.05, 3.63) is 48.3 Å². The fourth-order valence-electron chi connectivity index (χ4n) is 3.41. The van der Waals surface area contributed by atoms with Gasteiger partial charge in [0.05, 0.1) is 13.0 Å². The van der Waals surface area contributed by atoms with Gasteiger partial charge in [-0.05, 0) is 31.4 Å². The van der Waals surface area contributed by atoms with Crippen molar-refractivity contribution in [2.24, 2.45) is 11.8 Å². The predicted octanol–water partition coefficient (Wildman–Crippen LogP) is 4.62. The molecular weight excluding hydrogens is 466 g/mol. The molecule has 0 fully saturated rings. The number of para-hydroxylation sites is 1. The molecule has 1 aromatic carbocycles. The number of ether oxygens (including phenoxy) is 5. The summed E-state index contributed by atoms with van der Waals surface area (Å²) in [5.74, 6) is -0.945. The third-order valence-electron chi connectivity index (χ3n) is 5.27. The second-order valence-electron chi connectivity index (χ2n) is 8.86. The lowest BCUT2D eigenvalue weighted by Gasteiger charge is -2.27. The van der Waals surface area contributed by atoms with E-state index in [1.165, 1.54) is 26.3 Å². The van der Waals surface area contributed by atoms with Crippen molar-refractivity contribution in [2.45, 2.75) is 59.7 Å². The first kappa shape index (κ1) is 28.6. The van der Waals surface area contributed by atoms with Gasteiger partial charge >= 0.3 is 11.9 Å². The molecule has 0 bridgehead atoms. The maximum atomic E-state index is 13.0. The number of aromatic nitrogens is 1. The highest BCUT2D eigenvalue weighted by molar-refractivity contribution is 5.99. The Morgan fingerprint density at radius 3 is 2.31 bits per heavy atom. The van der Waals surface area contributed by atoms with Gasteiger partial charge in [-0.15, -0.1) is 0 Å².